The van der Waals surface area contributed by atoms with E-state index in [9.17, 15) is 4.79 Å². The number of nitrogens with zero attached hydrogens (tertiary/aromatic N) is 1. The normalized spacial score (nSPS) is 17.8. The molecule has 6 heteroatoms. The maximum Gasteiger partial charge on any atom is 0.260 e. The van der Waals surface area contributed by atoms with Crippen molar-refractivity contribution >= 4 is 33.4 Å². The Bertz CT molecular complexity index is 492. The van der Waals surface area contributed by atoms with Crippen LogP contribution in [0.1, 0.15) is 19.8 Å². The lowest BCUT2D eigenvalue weighted by molar-refractivity contribution is -0.134. The van der Waals surface area contributed by atoms with E-state index < -0.39 is 0 Å². The molecule has 1 aromatic rings. The average molecular weight is 377 g/mol. The Morgan fingerprint density at radius 3 is 3.00 bits per heavy atom. The van der Waals surface area contributed by atoms with E-state index in [0.717, 1.165) is 23.9 Å². The third-order valence-electron chi connectivity index (χ3n) is 3.43. The summed E-state index contributed by atoms with van der Waals surface area (Å²) in [5, 5.41) is 0.486. The second kappa shape index (κ2) is 8.01. The van der Waals surface area contributed by atoms with Gasteiger partial charge in [0.2, 0.25) is 0 Å². The zero-order valence-corrected chi connectivity index (χ0v) is 14.3. The van der Waals surface area contributed by atoms with Crippen molar-refractivity contribution in [3.05, 3.63) is 27.7 Å². The van der Waals surface area contributed by atoms with Crippen LogP contribution >= 0.6 is 27.5 Å². The van der Waals surface area contributed by atoms with Crippen LogP contribution in [-0.2, 0) is 9.53 Å². The molecule has 0 saturated carbocycles. The summed E-state index contributed by atoms with van der Waals surface area (Å²) in [6.45, 7) is 4.02. The standard InChI is InChI=1S/C15H19BrClNO3/c1-2-18(9-12-4-3-7-20-12)15(19)10-21-14-6-5-11(16)8-13(14)17/h5-6,8,12H,2-4,7,9-10H2,1H3. The van der Waals surface area contributed by atoms with Gasteiger partial charge in [-0.1, -0.05) is 27.5 Å². The van der Waals surface area contributed by atoms with E-state index in [1.165, 1.54) is 0 Å². The Morgan fingerprint density at radius 1 is 1.57 bits per heavy atom. The third-order valence-corrected chi connectivity index (χ3v) is 4.22. The van der Waals surface area contributed by atoms with Crippen molar-refractivity contribution in [2.75, 3.05) is 26.3 Å². The molecule has 1 aliphatic rings. The minimum absolute atomic E-state index is 0.0120. The number of hydrogen-bond acceptors (Lipinski definition) is 3. The van der Waals surface area contributed by atoms with Gasteiger partial charge in [0.05, 0.1) is 11.1 Å². The number of benzene rings is 1. The predicted octanol–water partition coefficient (Wildman–Crippen LogP) is 3.51. The fourth-order valence-electron chi connectivity index (χ4n) is 2.26. The number of carbonyl (C=O) groups excluding carboxylic acids is 1. The lowest BCUT2D eigenvalue weighted by Crippen LogP contribution is -2.39. The highest BCUT2D eigenvalue weighted by atomic mass is 79.9. The lowest BCUT2D eigenvalue weighted by atomic mass is 10.2. The summed E-state index contributed by atoms with van der Waals surface area (Å²) >= 11 is 9.39. The molecule has 2 rings (SSSR count). The molecule has 21 heavy (non-hydrogen) atoms. The second-order valence-corrected chi connectivity index (χ2v) is 6.25. The van der Waals surface area contributed by atoms with Crippen molar-refractivity contribution in [2.45, 2.75) is 25.9 Å². The molecule has 1 heterocycles. The molecular formula is C15H19BrClNO3. The second-order valence-electron chi connectivity index (χ2n) is 4.93. The summed E-state index contributed by atoms with van der Waals surface area (Å²) < 4.78 is 12.0. The Hall–Kier alpha value is -0.780. The van der Waals surface area contributed by atoms with Gasteiger partial charge in [0.25, 0.3) is 5.91 Å². The van der Waals surface area contributed by atoms with E-state index >= 15 is 0 Å². The van der Waals surface area contributed by atoms with Crippen LogP contribution in [0.3, 0.4) is 0 Å². The molecule has 0 aromatic heterocycles. The van der Waals surface area contributed by atoms with E-state index in [-0.39, 0.29) is 18.6 Å². The summed E-state index contributed by atoms with van der Waals surface area (Å²) in [4.78, 5) is 14.0. The molecule has 1 aromatic carbocycles. The molecular weight excluding hydrogens is 358 g/mol. The van der Waals surface area contributed by atoms with Crippen LogP contribution in [0.5, 0.6) is 5.75 Å². The number of amides is 1. The minimum Gasteiger partial charge on any atom is -0.482 e. The maximum atomic E-state index is 12.2. The van der Waals surface area contributed by atoms with Crippen molar-refractivity contribution in [2.24, 2.45) is 0 Å². The Labute approximate surface area is 138 Å². The molecule has 0 bridgehead atoms. The first-order valence-corrected chi connectivity index (χ1v) is 8.24. The van der Waals surface area contributed by atoms with Crippen molar-refractivity contribution in [3.63, 3.8) is 0 Å². The van der Waals surface area contributed by atoms with Gasteiger partial charge in [-0.15, -0.1) is 0 Å². The van der Waals surface area contributed by atoms with Crippen LogP contribution in [0, 0.1) is 0 Å². The van der Waals surface area contributed by atoms with Gasteiger partial charge in [-0.25, -0.2) is 0 Å². The highest BCUT2D eigenvalue weighted by Crippen LogP contribution is 2.27. The Kier molecular flexibility index (Phi) is 6.33. The van der Waals surface area contributed by atoms with Gasteiger partial charge >= 0.3 is 0 Å². The summed E-state index contributed by atoms with van der Waals surface area (Å²) in [5.74, 6) is 0.466. The Morgan fingerprint density at radius 2 is 2.38 bits per heavy atom. The SMILES string of the molecule is CCN(CC1CCCO1)C(=O)COc1ccc(Br)cc1Cl. The molecule has 0 N–H and O–H groups in total. The fraction of sp³-hybridized carbons (Fsp3) is 0.533. The third kappa shape index (κ3) is 4.87. The van der Waals surface area contributed by atoms with E-state index in [4.69, 9.17) is 21.1 Å². The van der Waals surface area contributed by atoms with Crippen molar-refractivity contribution in [1.29, 1.82) is 0 Å². The topological polar surface area (TPSA) is 38.8 Å². The molecule has 116 valence electrons. The molecule has 1 saturated heterocycles. The van der Waals surface area contributed by atoms with Crippen LogP contribution in [0.25, 0.3) is 0 Å². The number of ether oxygens (including phenoxy) is 2. The average Bonchev–Trinajstić information content (AvgIpc) is 2.96. The molecule has 1 aliphatic heterocycles. The molecule has 0 radical (unpaired) electrons. The molecule has 1 amide bonds. The summed E-state index contributed by atoms with van der Waals surface area (Å²) in [7, 11) is 0. The lowest BCUT2D eigenvalue weighted by Gasteiger charge is -2.24. The maximum absolute atomic E-state index is 12.2. The van der Waals surface area contributed by atoms with Crippen molar-refractivity contribution in [1.82, 2.24) is 4.90 Å². The molecule has 0 spiro atoms. The van der Waals surface area contributed by atoms with Gasteiger partial charge in [0, 0.05) is 24.2 Å². The predicted molar refractivity (Wildman–Crippen MR) is 85.9 cm³/mol. The van der Waals surface area contributed by atoms with Gasteiger partial charge in [-0.3, -0.25) is 4.79 Å². The smallest absolute Gasteiger partial charge is 0.260 e. The summed E-state index contributed by atoms with van der Waals surface area (Å²) in [6.07, 6.45) is 2.25. The number of likely N-dealkylation sites (N-methyl/N-ethyl adjacent to an activating group) is 1. The van der Waals surface area contributed by atoms with Crippen LogP contribution in [0.4, 0.5) is 0 Å². The van der Waals surface area contributed by atoms with Gasteiger partial charge in [0.15, 0.2) is 6.61 Å². The quantitative estimate of drug-likeness (QED) is 0.762. The zero-order chi connectivity index (χ0) is 15.2. The van der Waals surface area contributed by atoms with Crippen LogP contribution in [-0.4, -0.2) is 43.2 Å². The van der Waals surface area contributed by atoms with Crippen LogP contribution in [0.15, 0.2) is 22.7 Å². The van der Waals surface area contributed by atoms with Gasteiger partial charge in [0.1, 0.15) is 5.75 Å². The summed E-state index contributed by atoms with van der Waals surface area (Å²) in [5.41, 5.74) is 0. The first-order chi connectivity index (χ1) is 10.1. The highest BCUT2D eigenvalue weighted by molar-refractivity contribution is 9.10. The first-order valence-electron chi connectivity index (χ1n) is 7.07. The zero-order valence-electron chi connectivity index (χ0n) is 12.0. The molecule has 4 nitrogen and oxygen atoms in total. The number of halogens is 2. The van der Waals surface area contributed by atoms with Crippen molar-refractivity contribution in [3.8, 4) is 5.75 Å². The molecule has 1 fully saturated rings. The van der Waals surface area contributed by atoms with Crippen LogP contribution < -0.4 is 4.74 Å². The highest BCUT2D eigenvalue weighted by Gasteiger charge is 2.21. The van der Waals surface area contributed by atoms with Gasteiger partial charge < -0.3 is 14.4 Å². The monoisotopic (exact) mass is 375 g/mol. The number of hydrogen-bond donors (Lipinski definition) is 0. The van der Waals surface area contributed by atoms with Crippen molar-refractivity contribution < 1.29 is 14.3 Å². The molecule has 0 aliphatic carbocycles. The Balaban J connectivity index is 1.86. The molecule has 1 unspecified atom stereocenters. The van der Waals surface area contributed by atoms with Gasteiger partial charge in [-0.2, -0.15) is 0 Å². The summed E-state index contributed by atoms with van der Waals surface area (Å²) in [6, 6.07) is 5.32. The molecule has 1 atom stereocenters. The number of rotatable bonds is 6. The largest absolute Gasteiger partial charge is 0.482 e. The van der Waals surface area contributed by atoms with E-state index in [1.807, 2.05) is 13.0 Å². The van der Waals surface area contributed by atoms with E-state index in [0.29, 0.717) is 23.9 Å². The fourth-order valence-corrected chi connectivity index (χ4v) is 2.99. The van der Waals surface area contributed by atoms with Crippen LogP contribution in [0.2, 0.25) is 5.02 Å². The van der Waals surface area contributed by atoms with Gasteiger partial charge in [-0.05, 0) is 38.0 Å². The van der Waals surface area contributed by atoms with E-state index in [2.05, 4.69) is 15.9 Å². The number of carbonyl (C=O) groups is 1. The van der Waals surface area contributed by atoms with E-state index in [1.54, 1.807) is 17.0 Å². The first kappa shape index (κ1) is 16.6. The minimum atomic E-state index is -0.0491.